The Balaban J connectivity index is 2.13. The number of carbonyl (C=O) groups is 2. The van der Waals surface area contributed by atoms with Crippen molar-refractivity contribution in [2.75, 3.05) is 14.1 Å². The minimum absolute atomic E-state index is 0.143. The van der Waals surface area contributed by atoms with Crippen LogP contribution in [-0.4, -0.2) is 46.8 Å². The van der Waals surface area contributed by atoms with Crippen LogP contribution in [-0.2, 0) is 4.79 Å². The normalized spacial score (nSPS) is 12.2. The lowest BCUT2D eigenvalue weighted by molar-refractivity contribution is -0.130. The molecular weight excluding hydrogens is 244 g/mol. The second-order valence-electron chi connectivity index (χ2n) is 4.56. The van der Waals surface area contributed by atoms with Crippen LogP contribution < -0.4 is 5.32 Å². The summed E-state index contributed by atoms with van der Waals surface area (Å²) in [5.74, 6) is -0.421. The van der Waals surface area contributed by atoms with Crippen molar-refractivity contribution >= 4 is 22.8 Å². The van der Waals surface area contributed by atoms with Gasteiger partial charge in [-0.3, -0.25) is 9.59 Å². The number of benzene rings is 1. The predicted octanol–water partition coefficient (Wildman–Crippen LogP) is 0.769. The Morgan fingerprint density at radius 2 is 2.11 bits per heavy atom. The molecule has 0 radical (unpaired) electrons. The van der Waals surface area contributed by atoms with E-state index < -0.39 is 6.04 Å². The summed E-state index contributed by atoms with van der Waals surface area (Å²) in [6.07, 6.45) is 1.57. The summed E-state index contributed by atoms with van der Waals surface area (Å²) in [4.78, 5) is 32.2. The maximum atomic E-state index is 12.0. The Morgan fingerprint density at radius 3 is 2.79 bits per heavy atom. The van der Waals surface area contributed by atoms with Crippen molar-refractivity contribution in [1.29, 1.82) is 0 Å². The molecule has 6 nitrogen and oxygen atoms in total. The van der Waals surface area contributed by atoms with Gasteiger partial charge < -0.3 is 15.2 Å². The fraction of sp³-hybridized carbons (Fsp3) is 0.308. The maximum absolute atomic E-state index is 12.0. The molecule has 2 rings (SSSR count). The highest BCUT2D eigenvalue weighted by Crippen LogP contribution is 2.11. The summed E-state index contributed by atoms with van der Waals surface area (Å²) in [5.41, 5.74) is 2.09. The molecule has 0 aliphatic heterocycles. The average molecular weight is 260 g/mol. The Bertz CT molecular complexity index is 618. The molecule has 0 aliphatic rings. The van der Waals surface area contributed by atoms with Gasteiger partial charge >= 0.3 is 0 Å². The second kappa shape index (κ2) is 5.09. The molecule has 1 aromatic carbocycles. The highest BCUT2D eigenvalue weighted by atomic mass is 16.2. The summed E-state index contributed by atoms with van der Waals surface area (Å²) in [6, 6.07) is 4.61. The Hall–Kier alpha value is -2.37. The van der Waals surface area contributed by atoms with Crippen LogP contribution in [0, 0.1) is 0 Å². The first-order chi connectivity index (χ1) is 8.99. The van der Waals surface area contributed by atoms with Gasteiger partial charge in [-0.25, -0.2) is 4.98 Å². The lowest BCUT2D eigenvalue weighted by Gasteiger charge is -2.17. The molecular formula is C13H16N4O2. The third-order valence-electron chi connectivity index (χ3n) is 2.84. The van der Waals surface area contributed by atoms with E-state index in [2.05, 4.69) is 15.3 Å². The standard InChI is InChI=1S/C13H16N4O2/c1-8(13(19)17(2)3)16-12(18)9-4-5-10-11(6-9)15-7-14-10/h4-8H,1-3H3,(H,14,15)(H,16,18)/t8-/m1/s1. The Labute approximate surface area is 110 Å². The number of fused-ring (bicyclic) bond motifs is 1. The molecule has 6 heteroatoms. The van der Waals surface area contributed by atoms with Crippen LogP contribution >= 0.6 is 0 Å². The van der Waals surface area contributed by atoms with Crippen LogP contribution in [0.5, 0.6) is 0 Å². The SMILES string of the molecule is C[C@@H](NC(=O)c1ccc2nc[nH]c2c1)C(=O)N(C)C. The number of nitrogens with zero attached hydrogens (tertiary/aromatic N) is 2. The van der Waals surface area contributed by atoms with Gasteiger partial charge in [0.2, 0.25) is 5.91 Å². The third kappa shape index (κ3) is 2.73. The van der Waals surface area contributed by atoms with Gasteiger partial charge in [0.1, 0.15) is 6.04 Å². The number of nitrogens with one attached hydrogen (secondary N) is 2. The molecule has 1 heterocycles. The fourth-order valence-corrected chi connectivity index (χ4v) is 1.81. The minimum Gasteiger partial charge on any atom is -0.347 e. The maximum Gasteiger partial charge on any atom is 0.251 e. The van der Waals surface area contributed by atoms with Crippen molar-refractivity contribution in [2.24, 2.45) is 0 Å². The van der Waals surface area contributed by atoms with Crippen LogP contribution in [0.25, 0.3) is 11.0 Å². The molecule has 0 saturated carbocycles. The quantitative estimate of drug-likeness (QED) is 0.855. The summed E-state index contributed by atoms with van der Waals surface area (Å²) in [6.45, 7) is 1.66. The van der Waals surface area contributed by atoms with Gasteiger partial charge in [0, 0.05) is 19.7 Å². The van der Waals surface area contributed by atoms with Crippen LogP contribution in [0.4, 0.5) is 0 Å². The molecule has 0 fully saturated rings. The molecule has 0 unspecified atom stereocenters. The van der Waals surface area contributed by atoms with Crippen LogP contribution in [0.1, 0.15) is 17.3 Å². The minimum atomic E-state index is -0.556. The number of amides is 2. The van der Waals surface area contributed by atoms with Crippen LogP contribution in [0.3, 0.4) is 0 Å². The van der Waals surface area contributed by atoms with Crippen molar-refractivity contribution in [1.82, 2.24) is 20.2 Å². The van der Waals surface area contributed by atoms with E-state index in [1.165, 1.54) is 4.90 Å². The molecule has 100 valence electrons. The van der Waals surface area contributed by atoms with Gasteiger partial charge in [0.25, 0.3) is 5.91 Å². The number of H-pyrrole nitrogens is 1. The highest BCUT2D eigenvalue weighted by molar-refractivity contribution is 5.99. The number of hydrogen-bond donors (Lipinski definition) is 2. The number of imidazole rings is 1. The first kappa shape index (κ1) is 13.1. The molecule has 0 saturated heterocycles. The Morgan fingerprint density at radius 1 is 1.37 bits per heavy atom. The van der Waals surface area contributed by atoms with E-state index in [0.717, 1.165) is 11.0 Å². The van der Waals surface area contributed by atoms with Crippen molar-refractivity contribution in [2.45, 2.75) is 13.0 Å². The van der Waals surface area contributed by atoms with E-state index in [1.54, 1.807) is 45.5 Å². The molecule has 19 heavy (non-hydrogen) atoms. The molecule has 0 aliphatic carbocycles. The van der Waals surface area contributed by atoms with Crippen molar-refractivity contribution in [3.05, 3.63) is 30.1 Å². The smallest absolute Gasteiger partial charge is 0.251 e. The average Bonchev–Trinajstić information content (AvgIpc) is 2.84. The summed E-state index contributed by atoms with van der Waals surface area (Å²) in [5, 5.41) is 2.67. The van der Waals surface area contributed by atoms with E-state index in [1.807, 2.05) is 0 Å². The van der Waals surface area contributed by atoms with Gasteiger partial charge in [-0.1, -0.05) is 0 Å². The largest absolute Gasteiger partial charge is 0.347 e. The zero-order chi connectivity index (χ0) is 14.0. The van der Waals surface area contributed by atoms with Crippen LogP contribution in [0.2, 0.25) is 0 Å². The van der Waals surface area contributed by atoms with Gasteiger partial charge in [0.15, 0.2) is 0 Å². The van der Waals surface area contributed by atoms with E-state index in [0.29, 0.717) is 5.56 Å². The molecule has 0 bridgehead atoms. The van der Waals surface area contributed by atoms with E-state index in [-0.39, 0.29) is 11.8 Å². The van der Waals surface area contributed by atoms with Crippen molar-refractivity contribution in [3.63, 3.8) is 0 Å². The predicted molar refractivity (Wildman–Crippen MR) is 71.7 cm³/mol. The number of aromatic amines is 1. The van der Waals surface area contributed by atoms with Gasteiger partial charge in [-0.05, 0) is 25.1 Å². The number of rotatable bonds is 3. The summed E-state index contributed by atoms with van der Waals surface area (Å²) < 4.78 is 0. The zero-order valence-corrected chi connectivity index (χ0v) is 11.1. The number of carbonyl (C=O) groups excluding carboxylic acids is 2. The number of likely N-dealkylation sites (N-methyl/N-ethyl adjacent to an activating group) is 1. The fourth-order valence-electron chi connectivity index (χ4n) is 1.81. The summed E-state index contributed by atoms with van der Waals surface area (Å²) in [7, 11) is 3.31. The van der Waals surface area contributed by atoms with E-state index >= 15 is 0 Å². The van der Waals surface area contributed by atoms with Gasteiger partial charge in [0.05, 0.1) is 17.4 Å². The summed E-state index contributed by atoms with van der Waals surface area (Å²) >= 11 is 0. The first-order valence-electron chi connectivity index (χ1n) is 5.94. The Kier molecular flexibility index (Phi) is 3.50. The zero-order valence-electron chi connectivity index (χ0n) is 11.1. The highest BCUT2D eigenvalue weighted by Gasteiger charge is 2.18. The number of hydrogen-bond acceptors (Lipinski definition) is 3. The van der Waals surface area contributed by atoms with Gasteiger partial charge in [-0.2, -0.15) is 0 Å². The number of aromatic nitrogens is 2. The molecule has 2 amide bonds. The molecule has 0 spiro atoms. The lowest BCUT2D eigenvalue weighted by Crippen LogP contribution is -2.44. The van der Waals surface area contributed by atoms with Gasteiger partial charge in [-0.15, -0.1) is 0 Å². The van der Waals surface area contributed by atoms with E-state index in [9.17, 15) is 9.59 Å². The molecule has 2 N–H and O–H groups in total. The molecule has 2 aromatic rings. The third-order valence-corrected chi connectivity index (χ3v) is 2.84. The van der Waals surface area contributed by atoms with Crippen LogP contribution in [0.15, 0.2) is 24.5 Å². The van der Waals surface area contributed by atoms with E-state index in [4.69, 9.17) is 0 Å². The second-order valence-corrected chi connectivity index (χ2v) is 4.56. The van der Waals surface area contributed by atoms with Crippen molar-refractivity contribution in [3.8, 4) is 0 Å². The monoisotopic (exact) mass is 260 g/mol. The van der Waals surface area contributed by atoms with Crippen molar-refractivity contribution < 1.29 is 9.59 Å². The molecule has 1 atom stereocenters. The topological polar surface area (TPSA) is 78.1 Å². The first-order valence-corrected chi connectivity index (χ1v) is 5.94. The lowest BCUT2D eigenvalue weighted by atomic mass is 10.1. The molecule has 1 aromatic heterocycles.